The number of methoxy groups -OCH3 is 1. The van der Waals surface area contributed by atoms with E-state index in [0.29, 0.717) is 19.3 Å². The Morgan fingerprint density at radius 2 is 1.63 bits per heavy atom. The number of hydrogen-bond acceptors (Lipinski definition) is 6. The second-order valence-electron chi connectivity index (χ2n) is 8.62. The molecule has 0 saturated carbocycles. The zero-order chi connectivity index (χ0) is 25.2. The molecule has 0 heterocycles. The van der Waals surface area contributed by atoms with E-state index in [-0.39, 0.29) is 36.9 Å². The van der Waals surface area contributed by atoms with Crippen molar-refractivity contribution in [3.8, 4) is 11.1 Å². The molecule has 8 heteroatoms. The summed E-state index contributed by atoms with van der Waals surface area (Å²) in [5.74, 6) is -0.204. The Morgan fingerprint density at radius 1 is 1.00 bits per heavy atom. The number of nitrogens with one attached hydrogen (secondary N) is 2. The Hall–Kier alpha value is -3.00. The lowest BCUT2D eigenvalue weighted by molar-refractivity contribution is -0.146. The van der Waals surface area contributed by atoms with Crippen molar-refractivity contribution in [2.24, 2.45) is 5.92 Å². The van der Waals surface area contributed by atoms with E-state index in [4.69, 9.17) is 9.47 Å². The molecule has 0 bridgehead atoms. The fraction of sp³-hybridized carbons (Fsp3) is 0.444. The van der Waals surface area contributed by atoms with Crippen LogP contribution in [0.1, 0.15) is 42.7 Å². The van der Waals surface area contributed by atoms with Crippen LogP contribution in [0.4, 0.5) is 4.79 Å². The van der Waals surface area contributed by atoms with Crippen molar-refractivity contribution in [2.45, 2.75) is 37.6 Å². The van der Waals surface area contributed by atoms with Gasteiger partial charge < -0.3 is 20.1 Å². The molecule has 2 N–H and O–H groups in total. The summed E-state index contributed by atoms with van der Waals surface area (Å²) in [6.07, 6.45) is 3.12. The predicted octanol–water partition coefficient (Wildman–Crippen LogP) is 4.35. The van der Waals surface area contributed by atoms with E-state index in [2.05, 4.69) is 34.9 Å². The summed E-state index contributed by atoms with van der Waals surface area (Å²) in [5.41, 5.74) is 4.65. The summed E-state index contributed by atoms with van der Waals surface area (Å²) in [7, 11) is 2.90. The first-order valence-corrected chi connectivity index (χ1v) is 13.3. The summed E-state index contributed by atoms with van der Waals surface area (Å²) >= 11 is 1.67. The van der Waals surface area contributed by atoms with Crippen LogP contribution >= 0.6 is 11.8 Å². The lowest BCUT2D eigenvalue weighted by Crippen LogP contribution is -2.39. The zero-order valence-corrected chi connectivity index (χ0v) is 21.4. The zero-order valence-electron chi connectivity index (χ0n) is 20.5. The highest BCUT2D eigenvalue weighted by atomic mass is 32.2. The molecule has 2 aromatic carbocycles. The molecule has 188 valence electrons. The van der Waals surface area contributed by atoms with Crippen LogP contribution < -0.4 is 10.6 Å². The number of carbonyl (C=O) groups excluding carboxylic acids is 3. The van der Waals surface area contributed by atoms with Crippen LogP contribution in [0.5, 0.6) is 0 Å². The average Bonchev–Trinajstić information content (AvgIpc) is 3.21. The van der Waals surface area contributed by atoms with E-state index in [1.54, 1.807) is 18.8 Å². The Morgan fingerprint density at radius 3 is 2.20 bits per heavy atom. The summed E-state index contributed by atoms with van der Waals surface area (Å²) in [6, 6.07) is 16.1. The van der Waals surface area contributed by atoms with Gasteiger partial charge in [0.2, 0.25) is 5.91 Å². The number of carbonyl (C=O) groups is 3. The van der Waals surface area contributed by atoms with Crippen molar-refractivity contribution in [2.75, 3.05) is 32.8 Å². The van der Waals surface area contributed by atoms with E-state index >= 15 is 0 Å². The summed E-state index contributed by atoms with van der Waals surface area (Å²) < 4.78 is 10.6. The molecule has 1 aliphatic rings. The first-order chi connectivity index (χ1) is 17.0. The molecule has 0 aromatic heterocycles. The molecular formula is C27H34N2O5S. The van der Waals surface area contributed by atoms with Gasteiger partial charge in [0.05, 0.1) is 13.0 Å². The quantitative estimate of drug-likeness (QED) is 0.423. The maximum atomic E-state index is 12.8. The number of rotatable bonds is 12. The Balaban J connectivity index is 1.64. The summed E-state index contributed by atoms with van der Waals surface area (Å²) in [5, 5.41) is 5.52. The molecule has 7 nitrogen and oxygen atoms in total. The van der Waals surface area contributed by atoms with Crippen LogP contribution in [0.2, 0.25) is 0 Å². The van der Waals surface area contributed by atoms with Crippen LogP contribution in [0.25, 0.3) is 11.1 Å². The largest absolute Gasteiger partial charge is 0.469 e. The van der Waals surface area contributed by atoms with E-state index in [0.717, 1.165) is 16.9 Å². The normalized spacial score (nSPS) is 13.8. The molecule has 0 saturated heterocycles. The third kappa shape index (κ3) is 7.01. The molecule has 2 aromatic rings. The van der Waals surface area contributed by atoms with Gasteiger partial charge in [0.25, 0.3) is 0 Å². The van der Waals surface area contributed by atoms with Crippen LogP contribution in [0.15, 0.2) is 48.5 Å². The molecule has 0 fully saturated rings. The van der Waals surface area contributed by atoms with E-state index in [1.807, 2.05) is 30.5 Å². The highest BCUT2D eigenvalue weighted by Crippen LogP contribution is 2.44. The molecular weight excluding hydrogens is 464 g/mol. The van der Waals surface area contributed by atoms with Gasteiger partial charge in [0, 0.05) is 25.4 Å². The number of thioether (sulfide) groups is 1. The lowest BCUT2D eigenvalue weighted by Gasteiger charge is -2.23. The monoisotopic (exact) mass is 498 g/mol. The molecule has 0 aliphatic heterocycles. The highest BCUT2D eigenvalue weighted by molar-refractivity contribution is 7.98. The van der Waals surface area contributed by atoms with Gasteiger partial charge in [-0.2, -0.15) is 11.8 Å². The number of fused-ring (bicyclic) bond motifs is 3. The van der Waals surface area contributed by atoms with E-state index in [1.165, 1.54) is 18.2 Å². The fourth-order valence-corrected chi connectivity index (χ4v) is 5.11. The number of alkyl carbamates (subject to hydrolysis) is 1. The van der Waals surface area contributed by atoms with Gasteiger partial charge in [-0.3, -0.25) is 9.59 Å². The number of amides is 2. The van der Waals surface area contributed by atoms with E-state index < -0.39 is 12.0 Å². The van der Waals surface area contributed by atoms with Crippen LogP contribution in [0, 0.1) is 5.92 Å². The maximum absolute atomic E-state index is 12.8. The number of esters is 1. The molecule has 2 amide bonds. The van der Waals surface area contributed by atoms with Crippen LogP contribution in [-0.4, -0.2) is 56.8 Å². The second kappa shape index (κ2) is 13.2. The highest BCUT2D eigenvalue weighted by Gasteiger charge is 2.30. The van der Waals surface area contributed by atoms with Crippen molar-refractivity contribution >= 4 is 29.7 Å². The standard InChI is InChI=1S/C27H34N2O5S/c1-28-25(30)13-12-18(26(31)33-2)16-19(14-15-35-3)29-27(32)34-17-24-22-10-6-4-8-20(22)21-9-5-7-11-23(21)24/h4-11,18-19,24H,12-17H2,1-3H3,(H,28,30)(H,29,32). The number of hydrogen-bond donors (Lipinski definition) is 2. The van der Waals surface area contributed by atoms with E-state index in [9.17, 15) is 14.4 Å². The SMILES string of the molecule is CNC(=O)CCC(CC(CCSC)NC(=O)OCC1c2ccccc2-c2ccccc21)C(=O)OC. The number of benzene rings is 2. The van der Waals surface area contributed by atoms with Gasteiger partial charge in [-0.05, 0) is 53.5 Å². The molecule has 3 rings (SSSR count). The third-order valence-electron chi connectivity index (χ3n) is 6.44. The van der Waals surface area contributed by atoms with Crippen molar-refractivity contribution < 1.29 is 23.9 Å². The smallest absolute Gasteiger partial charge is 0.407 e. The Labute approximate surface area is 211 Å². The molecule has 35 heavy (non-hydrogen) atoms. The van der Waals surface area contributed by atoms with Gasteiger partial charge in [-0.1, -0.05) is 48.5 Å². The third-order valence-corrected chi connectivity index (χ3v) is 7.08. The Kier molecular flexibility index (Phi) is 10.0. The van der Waals surface area contributed by atoms with Gasteiger partial charge in [0.1, 0.15) is 6.61 Å². The first kappa shape index (κ1) is 26.6. The fourth-order valence-electron chi connectivity index (χ4n) is 4.59. The second-order valence-corrected chi connectivity index (χ2v) is 9.60. The van der Waals surface area contributed by atoms with Crippen molar-refractivity contribution in [1.82, 2.24) is 10.6 Å². The van der Waals surface area contributed by atoms with Crippen LogP contribution in [-0.2, 0) is 19.1 Å². The molecule has 0 radical (unpaired) electrons. The predicted molar refractivity (Wildman–Crippen MR) is 138 cm³/mol. The van der Waals surface area contributed by atoms with Crippen molar-refractivity contribution in [3.05, 3.63) is 59.7 Å². The minimum Gasteiger partial charge on any atom is -0.469 e. The molecule has 2 atom stereocenters. The minimum atomic E-state index is -0.507. The average molecular weight is 499 g/mol. The van der Waals surface area contributed by atoms with Gasteiger partial charge >= 0.3 is 12.1 Å². The first-order valence-electron chi connectivity index (χ1n) is 11.9. The van der Waals surface area contributed by atoms with Gasteiger partial charge in [-0.25, -0.2) is 4.79 Å². The minimum absolute atomic E-state index is 0.0202. The lowest BCUT2D eigenvalue weighted by atomic mass is 9.93. The van der Waals surface area contributed by atoms with Gasteiger partial charge in [0.15, 0.2) is 0 Å². The van der Waals surface area contributed by atoms with Crippen molar-refractivity contribution in [3.63, 3.8) is 0 Å². The van der Waals surface area contributed by atoms with Crippen LogP contribution in [0.3, 0.4) is 0 Å². The summed E-state index contributed by atoms with van der Waals surface area (Å²) in [4.78, 5) is 36.8. The molecule has 1 aliphatic carbocycles. The maximum Gasteiger partial charge on any atom is 0.407 e. The van der Waals surface area contributed by atoms with Gasteiger partial charge in [-0.15, -0.1) is 0 Å². The molecule has 0 spiro atoms. The number of ether oxygens (including phenoxy) is 2. The topological polar surface area (TPSA) is 93.7 Å². The summed E-state index contributed by atoms with van der Waals surface area (Å²) in [6.45, 7) is 0.228. The van der Waals surface area contributed by atoms with Crippen molar-refractivity contribution in [1.29, 1.82) is 0 Å². The Bertz CT molecular complexity index is 983. The molecule has 2 unspecified atom stereocenters.